The minimum Gasteiger partial charge on any atom is -0.497 e. The molecule has 0 atom stereocenters. The van der Waals surface area contributed by atoms with Gasteiger partial charge in [0.25, 0.3) is 0 Å². The molecule has 0 amide bonds. The van der Waals surface area contributed by atoms with Crippen LogP contribution in [0.15, 0.2) is 57.9 Å². The van der Waals surface area contributed by atoms with Gasteiger partial charge in [-0.3, -0.25) is 0 Å². The van der Waals surface area contributed by atoms with Gasteiger partial charge in [0.2, 0.25) is 10.0 Å². The van der Waals surface area contributed by atoms with Crippen LogP contribution in [-0.4, -0.2) is 20.7 Å². The van der Waals surface area contributed by atoms with Crippen LogP contribution in [0.2, 0.25) is 10.0 Å². The standard InChI is InChI=1S/C17H14Cl2N2O4S/c1-24-13-5-2-11(3-6-13)16-9-14(25-21-16)10-20-26(22,23)17-8-12(18)4-7-15(17)19/h2-9,20H,10H2,1H3. The second-order valence-corrected chi connectivity index (χ2v) is 7.89. The lowest BCUT2D eigenvalue weighted by atomic mass is 10.1. The molecule has 1 aromatic heterocycles. The van der Waals surface area contributed by atoms with Gasteiger partial charge in [-0.15, -0.1) is 0 Å². The van der Waals surface area contributed by atoms with Crippen LogP contribution in [0.5, 0.6) is 5.75 Å². The predicted octanol–water partition coefficient (Wildman–Crippen LogP) is 4.14. The molecule has 0 fully saturated rings. The fourth-order valence-electron chi connectivity index (χ4n) is 2.22. The van der Waals surface area contributed by atoms with Gasteiger partial charge in [0, 0.05) is 16.7 Å². The molecule has 1 N–H and O–H groups in total. The number of rotatable bonds is 6. The van der Waals surface area contributed by atoms with Crippen molar-refractivity contribution in [3.63, 3.8) is 0 Å². The molecule has 0 aliphatic heterocycles. The zero-order chi connectivity index (χ0) is 18.7. The molecule has 0 radical (unpaired) electrons. The van der Waals surface area contributed by atoms with Crippen LogP contribution in [0, 0.1) is 0 Å². The Labute approximate surface area is 160 Å². The van der Waals surface area contributed by atoms with Crippen molar-refractivity contribution in [3.05, 3.63) is 64.3 Å². The highest BCUT2D eigenvalue weighted by Gasteiger charge is 2.19. The van der Waals surface area contributed by atoms with E-state index >= 15 is 0 Å². The van der Waals surface area contributed by atoms with Gasteiger partial charge in [-0.05, 0) is 42.5 Å². The van der Waals surface area contributed by atoms with Crippen LogP contribution in [0.1, 0.15) is 5.76 Å². The molecule has 26 heavy (non-hydrogen) atoms. The van der Waals surface area contributed by atoms with E-state index in [0.29, 0.717) is 11.5 Å². The Morgan fingerprint density at radius 1 is 1.12 bits per heavy atom. The molecule has 136 valence electrons. The molecular weight excluding hydrogens is 399 g/mol. The fraction of sp³-hybridized carbons (Fsp3) is 0.118. The lowest BCUT2D eigenvalue weighted by Gasteiger charge is -2.07. The number of benzene rings is 2. The van der Waals surface area contributed by atoms with E-state index in [2.05, 4.69) is 9.88 Å². The van der Waals surface area contributed by atoms with Crippen LogP contribution in [0.25, 0.3) is 11.3 Å². The van der Waals surface area contributed by atoms with Crippen molar-refractivity contribution < 1.29 is 17.7 Å². The third-order valence-corrected chi connectivity index (χ3v) is 5.68. The van der Waals surface area contributed by atoms with Crippen molar-refractivity contribution in [1.82, 2.24) is 9.88 Å². The maximum Gasteiger partial charge on any atom is 0.242 e. The Morgan fingerprint density at radius 3 is 2.54 bits per heavy atom. The van der Waals surface area contributed by atoms with E-state index in [0.717, 1.165) is 11.3 Å². The summed E-state index contributed by atoms with van der Waals surface area (Å²) in [7, 11) is -2.26. The molecule has 0 saturated heterocycles. The summed E-state index contributed by atoms with van der Waals surface area (Å²) in [6.45, 7) is -0.0751. The largest absolute Gasteiger partial charge is 0.497 e. The molecule has 0 spiro atoms. The molecule has 1 heterocycles. The van der Waals surface area contributed by atoms with Crippen LogP contribution in [0.3, 0.4) is 0 Å². The number of nitrogens with zero attached hydrogens (tertiary/aromatic N) is 1. The van der Waals surface area contributed by atoms with Crippen molar-refractivity contribution in [2.45, 2.75) is 11.4 Å². The first kappa shape index (κ1) is 18.7. The Balaban J connectivity index is 1.74. The second kappa shape index (κ2) is 7.67. The zero-order valence-electron chi connectivity index (χ0n) is 13.6. The monoisotopic (exact) mass is 412 g/mol. The number of nitrogens with one attached hydrogen (secondary N) is 1. The summed E-state index contributed by atoms with van der Waals surface area (Å²) in [4.78, 5) is -0.0958. The molecule has 3 rings (SSSR count). The zero-order valence-corrected chi connectivity index (χ0v) is 15.9. The predicted molar refractivity (Wildman–Crippen MR) is 99.0 cm³/mol. The number of ether oxygens (including phenoxy) is 1. The minimum atomic E-state index is -3.85. The number of hydrogen-bond donors (Lipinski definition) is 1. The average molecular weight is 413 g/mol. The van der Waals surface area contributed by atoms with E-state index in [1.54, 1.807) is 25.3 Å². The molecule has 0 bridgehead atoms. The summed E-state index contributed by atoms with van der Waals surface area (Å²) in [5, 5.41) is 4.31. The van der Waals surface area contributed by atoms with Gasteiger partial charge in [-0.1, -0.05) is 28.4 Å². The highest BCUT2D eigenvalue weighted by Crippen LogP contribution is 2.26. The molecule has 0 aliphatic carbocycles. The van der Waals surface area contributed by atoms with E-state index in [-0.39, 0.29) is 21.5 Å². The Kier molecular flexibility index (Phi) is 5.52. The molecular formula is C17H14Cl2N2O4S. The van der Waals surface area contributed by atoms with E-state index in [1.807, 2.05) is 12.1 Å². The maximum atomic E-state index is 12.4. The second-order valence-electron chi connectivity index (χ2n) is 5.31. The van der Waals surface area contributed by atoms with Gasteiger partial charge in [0.05, 0.1) is 18.7 Å². The Hall–Kier alpha value is -2.06. The number of sulfonamides is 1. The van der Waals surface area contributed by atoms with Crippen molar-refractivity contribution in [2.75, 3.05) is 7.11 Å². The van der Waals surface area contributed by atoms with Crippen LogP contribution in [-0.2, 0) is 16.6 Å². The summed E-state index contributed by atoms with van der Waals surface area (Å²) in [5.41, 5.74) is 1.41. The lowest BCUT2D eigenvalue weighted by molar-refractivity contribution is 0.382. The summed E-state index contributed by atoms with van der Waals surface area (Å²) in [6.07, 6.45) is 0. The first-order valence-corrected chi connectivity index (χ1v) is 9.68. The van der Waals surface area contributed by atoms with Gasteiger partial charge in [0.15, 0.2) is 5.76 Å². The maximum absolute atomic E-state index is 12.4. The normalized spacial score (nSPS) is 11.5. The van der Waals surface area contributed by atoms with Crippen molar-refractivity contribution in [2.24, 2.45) is 0 Å². The summed E-state index contributed by atoms with van der Waals surface area (Å²) < 4.78 is 37.5. The number of halogens is 2. The summed E-state index contributed by atoms with van der Waals surface area (Å²) in [5.74, 6) is 1.08. The third-order valence-electron chi connectivity index (χ3n) is 3.56. The highest BCUT2D eigenvalue weighted by molar-refractivity contribution is 7.89. The van der Waals surface area contributed by atoms with Crippen molar-refractivity contribution in [3.8, 4) is 17.0 Å². The quantitative estimate of drug-likeness (QED) is 0.657. The molecule has 2 aromatic carbocycles. The first-order valence-electron chi connectivity index (χ1n) is 7.44. The first-order chi connectivity index (χ1) is 12.4. The molecule has 6 nitrogen and oxygen atoms in total. The summed E-state index contributed by atoms with van der Waals surface area (Å²) >= 11 is 11.8. The van der Waals surface area contributed by atoms with Crippen molar-refractivity contribution >= 4 is 33.2 Å². The van der Waals surface area contributed by atoms with Gasteiger partial charge < -0.3 is 9.26 Å². The van der Waals surface area contributed by atoms with E-state index < -0.39 is 10.0 Å². The fourth-order valence-corrected chi connectivity index (χ4v) is 3.97. The molecule has 3 aromatic rings. The van der Waals surface area contributed by atoms with Gasteiger partial charge in [-0.25, -0.2) is 13.1 Å². The topological polar surface area (TPSA) is 81.4 Å². The molecule has 0 aliphatic rings. The molecule has 0 saturated carbocycles. The Bertz CT molecular complexity index is 1020. The highest BCUT2D eigenvalue weighted by atomic mass is 35.5. The number of aromatic nitrogens is 1. The minimum absolute atomic E-state index is 0.0751. The van der Waals surface area contributed by atoms with Crippen LogP contribution >= 0.6 is 23.2 Å². The summed E-state index contributed by atoms with van der Waals surface area (Å²) in [6, 6.07) is 13.1. The average Bonchev–Trinajstić information content (AvgIpc) is 3.11. The van der Waals surface area contributed by atoms with Crippen LogP contribution in [0.4, 0.5) is 0 Å². The van der Waals surface area contributed by atoms with Crippen molar-refractivity contribution in [1.29, 1.82) is 0 Å². The third kappa shape index (κ3) is 4.19. The smallest absolute Gasteiger partial charge is 0.242 e. The number of hydrogen-bond acceptors (Lipinski definition) is 5. The van der Waals surface area contributed by atoms with Crippen LogP contribution < -0.4 is 9.46 Å². The van der Waals surface area contributed by atoms with Gasteiger partial charge in [0.1, 0.15) is 16.3 Å². The lowest BCUT2D eigenvalue weighted by Crippen LogP contribution is -2.23. The van der Waals surface area contributed by atoms with E-state index in [1.165, 1.54) is 18.2 Å². The number of methoxy groups -OCH3 is 1. The van der Waals surface area contributed by atoms with E-state index in [9.17, 15) is 8.42 Å². The Morgan fingerprint density at radius 2 is 1.85 bits per heavy atom. The molecule has 0 unspecified atom stereocenters. The molecule has 9 heteroatoms. The SMILES string of the molecule is COc1ccc(-c2cc(CNS(=O)(=O)c3cc(Cl)ccc3Cl)on2)cc1. The van der Waals surface area contributed by atoms with Gasteiger partial charge in [-0.2, -0.15) is 0 Å². The van der Waals surface area contributed by atoms with E-state index in [4.69, 9.17) is 32.5 Å². The van der Waals surface area contributed by atoms with Gasteiger partial charge >= 0.3 is 0 Å².